The molecule has 0 amide bonds. The van der Waals surface area contributed by atoms with Crippen LogP contribution in [0.1, 0.15) is 22.7 Å². The van der Waals surface area contributed by atoms with Crippen molar-refractivity contribution in [1.82, 2.24) is 9.78 Å². The molecule has 2 rings (SSSR count). The average molecular weight is 249 g/mol. The number of benzene rings is 1. The summed E-state index contributed by atoms with van der Waals surface area (Å²) in [4.78, 5) is 0. The Morgan fingerprint density at radius 3 is 2.76 bits per heavy atom. The van der Waals surface area contributed by atoms with Crippen LogP contribution in [0.3, 0.4) is 0 Å². The summed E-state index contributed by atoms with van der Waals surface area (Å²) in [5, 5.41) is 4.40. The number of hydrogen-bond donors (Lipinski definition) is 0. The van der Waals surface area contributed by atoms with E-state index < -0.39 is 0 Å². The van der Waals surface area contributed by atoms with E-state index in [4.69, 9.17) is 11.6 Å². The smallest absolute Gasteiger partial charge is 0.0631 e. The molecule has 0 N–H and O–H groups in total. The standard InChI is InChI=1S/C14H17ClN2/c1-11-4-3-5-12(8-11)13(10-15)9-14-6-7-17(2)16-14/h3-8,13H,9-10H2,1-2H3. The summed E-state index contributed by atoms with van der Waals surface area (Å²) in [5.74, 6) is 0.964. The van der Waals surface area contributed by atoms with Gasteiger partial charge in [0.15, 0.2) is 0 Å². The highest BCUT2D eigenvalue weighted by atomic mass is 35.5. The van der Waals surface area contributed by atoms with Crippen molar-refractivity contribution in [1.29, 1.82) is 0 Å². The predicted octanol–water partition coefficient (Wildman–Crippen LogP) is 3.29. The highest BCUT2D eigenvalue weighted by Crippen LogP contribution is 2.22. The molecule has 0 aliphatic heterocycles. The van der Waals surface area contributed by atoms with E-state index >= 15 is 0 Å². The number of alkyl halides is 1. The van der Waals surface area contributed by atoms with Crippen molar-refractivity contribution in [3.05, 3.63) is 53.3 Å². The lowest BCUT2D eigenvalue weighted by molar-refractivity contribution is 0.697. The maximum absolute atomic E-state index is 6.08. The third-order valence-corrected chi connectivity index (χ3v) is 3.30. The Kier molecular flexibility index (Phi) is 3.85. The first-order valence-corrected chi connectivity index (χ1v) is 6.33. The molecule has 0 fully saturated rings. The zero-order valence-corrected chi connectivity index (χ0v) is 11.0. The molecule has 0 radical (unpaired) electrons. The van der Waals surface area contributed by atoms with Crippen LogP contribution >= 0.6 is 11.6 Å². The van der Waals surface area contributed by atoms with Gasteiger partial charge in [0.1, 0.15) is 0 Å². The van der Waals surface area contributed by atoms with Crippen molar-refractivity contribution in [2.75, 3.05) is 5.88 Å². The monoisotopic (exact) mass is 248 g/mol. The summed E-state index contributed by atoms with van der Waals surface area (Å²) in [6, 6.07) is 10.6. The van der Waals surface area contributed by atoms with E-state index in [-0.39, 0.29) is 0 Å². The van der Waals surface area contributed by atoms with Gasteiger partial charge in [-0.1, -0.05) is 29.8 Å². The average Bonchev–Trinajstić information content (AvgIpc) is 2.72. The molecule has 0 aliphatic carbocycles. The van der Waals surface area contributed by atoms with Crippen molar-refractivity contribution in [2.24, 2.45) is 7.05 Å². The molecule has 0 aliphatic rings. The lowest BCUT2D eigenvalue weighted by Gasteiger charge is -2.13. The van der Waals surface area contributed by atoms with Gasteiger partial charge >= 0.3 is 0 Å². The quantitative estimate of drug-likeness (QED) is 0.760. The molecule has 0 saturated heterocycles. The fraction of sp³-hybridized carbons (Fsp3) is 0.357. The second-order valence-corrected chi connectivity index (χ2v) is 4.76. The number of aryl methyl sites for hydroxylation is 2. The van der Waals surface area contributed by atoms with Gasteiger partial charge in [-0.25, -0.2) is 0 Å². The van der Waals surface area contributed by atoms with Crippen LogP contribution in [0, 0.1) is 6.92 Å². The molecule has 90 valence electrons. The number of nitrogens with zero attached hydrogens (tertiary/aromatic N) is 2. The van der Waals surface area contributed by atoms with Crippen LogP contribution in [0.5, 0.6) is 0 Å². The van der Waals surface area contributed by atoms with E-state index in [1.54, 1.807) is 0 Å². The van der Waals surface area contributed by atoms with Crippen molar-refractivity contribution in [3.8, 4) is 0 Å². The molecular weight excluding hydrogens is 232 g/mol. The lowest BCUT2D eigenvalue weighted by Crippen LogP contribution is -2.06. The van der Waals surface area contributed by atoms with Crippen LogP contribution in [0.4, 0.5) is 0 Å². The van der Waals surface area contributed by atoms with Crippen LogP contribution in [0.25, 0.3) is 0 Å². The van der Waals surface area contributed by atoms with Crippen LogP contribution in [0.2, 0.25) is 0 Å². The van der Waals surface area contributed by atoms with Gasteiger partial charge in [-0.15, -0.1) is 11.6 Å². The third kappa shape index (κ3) is 3.10. The molecule has 1 aromatic heterocycles. The summed E-state index contributed by atoms with van der Waals surface area (Å²) in [6.07, 6.45) is 2.87. The third-order valence-electron chi connectivity index (χ3n) is 2.92. The van der Waals surface area contributed by atoms with Gasteiger partial charge in [0.05, 0.1) is 5.69 Å². The molecule has 2 aromatic rings. The van der Waals surface area contributed by atoms with Gasteiger partial charge in [-0.05, 0) is 25.0 Å². The van der Waals surface area contributed by atoms with Gasteiger partial charge in [0.25, 0.3) is 0 Å². The number of rotatable bonds is 4. The summed E-state index contributed by atoms with van der Waals surface area (Å²) in [5.41, 5.74) is 3.67. The summed E-state index contributed by atoms with van der Waals surface area (Å²) in [6.45, 7) is 2.11. The Morgan fingerprint density at radius 1 is 1.35 bits per heavy atom. The first-order valence-electron chi connectivity index (χ1n) is 5.80. The van der Waals surface area contributed by atoms with Crippen LogP contribution in [0.15, 0.2) is 36.5 Å². The molecule has 1 aromatic carbocycles. The van der Waals surface area contributed by atoms with E-state index in [0.29, 0.717) is 11.8 Å². The number of hydrogen-bond acceptors (Lipinski definition) is 1. The Balaban J connectivity index is 2.16. The van der Waals surface area contributed by atoms with E-state index in [9.17, 15) is 0 Å². The van der Waals surface area contributed by atoms with E-state index in [1.807, 2.05) is 17.9 Å². The molecule has 0 bridgehead atoms. The van der Waals surface area contributed by atoms with Crippen LogP contribution in [-0.2, 0) is 13.5 Å². The van der Waals surface area contributed by atoms with Gasteiger partial charge in [0, 0.05) is 25.0 Å². The Hall–Kier alpha value is -1.28. The molecule has 0 saturated carbocycles. The van der Waals surface area contributed by atoms with Crippen LogP contribution in [-0.4, -0.2) is 15.7 Å². The van der Waals surface area contributed by atoms with Crippen molar-refractivity contribution in [2.45, 2.75) is 19.3 Å². The van der Waals surface area contributed by atoms with Gasteiger partial charge in [-0.3, -0.25) is 4.68 Å². The second-order valence-electron chi connectivity index (χ2n) is 4.45. The fourth-order valence-electron chi connectivity index (χ4n) is 2.01. The predicted molar refractivity (Wildman–Crippen MR) is 71.6 cm³/mol. The van der Waals surface area contributed by atoms with E-state index in [2.05, 4.69) is 42.4 Å². The highest BCUT2D eigenvalue weighted by Gasteiger charge is 2.12. The SMILES string of the molecule is Cc1cccc(C(CCl)Cc2ccn(C)n2)c1. The highest BCUT2D eigenvalue weighted by molar-refractivity contribution is 6.18. The second kappa shape index (κ2) is 5.37. The molecule has 1 heterocycles. The lowest BCUT2D eigenvalue weighted by atomic mass is 9.95. The van der Waals surface area contributed by atoms with Gasteiger partial charge < -0.3 is 0 Å². The number of aromatic nitrogens is 2. The summed E-state index contributed by atoms with van der Waals surface area (Å²) < 4.78 is 1.83. The van der Waals surface area contributed by atoms with Crippen molar-refractivity contribution in [3.63, 3.8) is 0 Å². The molecular formula is C14H17ClN2. The molecule has 2 nitrogen and oxygen atoms in total. The van der Waals surface area contributed by atoms with Gasteiger partial charge in [-0.2, -0.15) is 5.10 Å². The zero-order chi connectivity index (χ0) is 12.3. The minimum atomic E-state index is 0.339. The van der Waals surface area contributed by atoms with E-state index in [0.717, 1.165) is 12.1 Å². The van der Waals surface area contributed by atoms with Crippen molar-refractivity contribution < 1.29 is 0 Å². The summed E-state index contributed by atoms with van der Waals surface area (Å²) in [7, 11) is 1.94. The Morgan fingerprint density at radius 2 is 2.18 bits per heavy atom. The zero-order valence-electron chi connectivity index (χ0n) is 10.2. The molecule has 3 heteroatoms. The maximum atomic E-state index is 6.08. The Bertz CT molecular complexity index is 490. The molecule has 1 unspecified atom stereocenters. The largest absolute Gasteiger partial charge is 0.276 e. The molecule has 1 atom stereocenters. The fourth-order valence-corrected chi connectivity index (χ4v) is 2.30. The van der Waals surface area contributed by atoms with E-state index in [1.165, 1.54) is 11.1 Å². The molecule has 0 spiro atoms. The topological polar surface area (TPSA) is 17.8 Å². The normalized spacial score (nSPS) is 12.6. The summed E-state index contributed by atoms with van der Waals surface area (Å²) >= 11 is 6.08. The van der Waals surface area contributed by atoms with Crippen LogP contribution < -0.4 is 0 Å². The van der Waals surface area contributed by atoms with Gasteiger partial charge in [0.2, 0.25) is 0 Å². The first kappa shape index (κ1) is 12.2. The minimum Gasteiger partial charge on any atom is -0.276 e. The maximum Gasteiger partial charge on any atom is 0.0631 e. The van der Waals surface area contributed by atoms with Crippen molar-refractivity contribution >= 4 is 11.6 Å². The molecule has 17 heavy (non-hydrogen) atoms. The number of halogens is 1. The minimum absolute atomic E-state index is 0.339. The first-order chi connectivity index (χ1) is 8.19. The Labute approximate surface area is 107 Å².